The summed E-state index contributed by atoms with van der Waals surface area (Å²) < 4.78 is 18.0. The van der Waals surface area contributed by atoms with Crippen molar-refractivity contribution in [2.45, 2.75) is 63.8 Å². The molecule has 2 aliphatic heterocycles. The number of nitriles is 2. The van der Waals surface area contributed by atoms with Gasteiger partial charge in [0.2, 0.25) is 23.6 Å². The van der Waals surface area contributed by atoms with Crippen molar-refractivity contribution >= 4 is 35.0 Å². The van der Waals surface area contributed by atoms with Crippen LogP contribution in [0, 0.1) is 22.7 Å². The van der Waals surface area contributed by atoms with Gasteiger partial charge in [0.05, 0.1) is 5.02 Å². The van der Waals surface area contributed by atoms with Crippen LogP contribution in [0.4, 0.5) is 0 Å². The van der Waals surface area contributed by atoms with E-state index in [0.717, 1.165) is 57.5 Å². The van der Waals surface area contributed by atoms with Gasteiger partial charge in [0.25, 0.3) is 0 Å². The molecular formula is C42H39Cl2N7O5. The number of aromatic nitrogens is 1. The summed E-state index contributed by atoms with van der Waals surface area (Å²) in [5, 5.41) is 31.7. The standard InChI is InChI=1S/C42H39Cl2N7O5/c43-35-19-27(22-48-24-29-10-14-39(53)50-29)41(55-18-16-46)51-42(35)56-36-12-11-32-31(4-2-5-33(32)36)34-6-1-3-30(40(34)44)25-7-8-26(37(20-25)54-17-15-45)21-47-23-28-9-13-38(52)49-28/h1-8,19-20,24,28,36,47-48H,9-14,17-18,21-23H2,(H,49,52)(H,50,53)/b29-24+/t28-,36-/m0/s1. The Morgan fingerprint density at radius 3 is 2.43 bits per heavy atom. The second-order valence-electron chi connectivity index (χ2n) is 13.7. The topological polar surface area (TPSA) is 170 Å². The van der Waals surface area contributed by atoms with Crippen LogP contribution in [-0.2, 0) is 29.1 Å². The fourth-order valence-corrected chi connectivity index (χ4v) is 7.84. The monoisotopic (exact) mass is 791 g/mol. The summed E-state index contributed by atoms with van der Waals surface area (Å²) in [6.45, 7) is 1.16. The summed E-state index contributed by atoms with van der Waals surface area (Å²) in [5.74, 6) is 1.07. The van der Waals surface area contributed by atoms with Crippen molar-refractivity contribution in [3.63, 3.8) is 0 Å². The molecule has 3 aliphatic rings. The van der Waals surface area contributed by atoms with Crippen molar-refractivity contribution in [2.24, 2.45) is 0 Å². The number of ether oxygens (including phenoxy) is 3. The maximum atomic E-state index is 11.6. The van der Waals surface area contributed by atoms with Crippen LogP contribution in [0.1, 0.15) is 60.5 Å². The lowest BCUT2D eigenvalue weighted by molar-refractivity contribution is -0.120. The van der Waals surface area contributed by atoms with Crippen molar-refractivity contribution in [3.05, 3.63) is 105 Å². The van der Waals surface area contributed by atoms with Crippen LogP contribution in [0.5, 0.6) is 17.5 Å². The highest BCUT2D eigenvalue weighted by Gasteiger charge is 2.29. The highest BCUT2D eigenvalue weighted by atomic mass is 35.5. The maximum Gasteiger partial charge on any atom is 0.236 e. The lowest BCUT2D eigenvalue weighted by Gasteiger charge is -2.18. The van der Waals surface area contributed by atoms with Crippen LogP contribution in [0.2, 0.25) is 10.0 Å². The number of rotatable bonds is 15. The first-order chi connectivity index (χ1) is 27.3. The summed E-state index contributed by atoms with van der Waals surface area (Å²) in [5.41, 5.74) is 7.97. The highest BCUT2D eigenvalue weighted by Crippen LogP contribution is 2.45. The molecule has 4 N–H and O–H groups in total. The van der Waals surface area contributed by atoms with Crippen LogP contribution in [0.15, 0.2) is 72.6 Å². The van der Waals surface area contributed by atoms with E-state index in [9.17, 15) is 20.1 Å². The van der Waals surface area contributed by atoms with Gasteiger partial charge >= 0.3 is 0 Å². The minimum absolute atomic E-state index is 0.0162. The molecule has 3 aromatic carbocycles. The summed E-state index contributed by atoms with van der Waals surface area (Å²) in [7, 11) is 0. The average molecular weight is 793 g/mol. The lowest BCUT2D eigenvalue weighted by Crippen LogP contribution is -2.35. The third-order valence-electron chi connectivity index (χ3n) is 9.97. The molecule has 56 heavy (non-hydrogen) atoms. The first kappa shape index (κ1) is 38.5. The van der Waals surface area contributed by atoms with Crippen LogP contribution in [-0.4, -0.2) is 42.6 Å². The number of halogens is 2. The molecule has 0 saturated carbocycles. The van der Waals surface area contributed by atoms with Crippen molar-refractivity contribution in [2.75, 3.05) is 19.8 Å². The minimum Gasteiger partial charge on any atom is -0.478 e. The number of amides is 2. The molecular weight excluding hydrogens is 753 g/mol. The van der Waals surface area contributed by atoms with Gasteiger partial charge in [-0.3, -0.25) is 9.59 Å². The Morgan fingerprint density at radius 2 is 1.64 bits per heavy atom. The minimum atomic E-state index is -0.341. The van der Waals surface area contributed by atoms with E-state index >= 15 is 0 Å². The number of fused-ring (bicyclic) bond motifs is 1. The second-order valence-corrected chi connectivity index (χ2v) is 14.5. The summed E-state index contributed by atoms with van der Waals surface area (Å²) in [6, 6.07) is 23.8. The predicted octanol–water partition coefficient (Wildman–Crippen LogP) is 6.80. The fourth-order valence-electron chi connectivity index (χ4n) is 7.29. The number of benzene rings is 3. The van der Waals surface area contributed by atoms with Gasteiger partial charge in [0, 0.05) is 72.7 Å². The van der Waals surface area contributed by atoms with Gasteiger partial charge in [-0.15, -0.1) is 0 Å². The Labute approximate surface area is 334 Å². The predicted molar refractivity (Wildman–Crippen MR) is 211 cm³/mol. The van der Waals surface area contributed by atoms with Gasteiger partial charge < -0.3 is 35.5 Å². The molecule has 2 saturated heterocycles. The van der Waals surface area contributed by atoms with Crippen molar-refractivity contribution in [3.8, 4) is 51.9 Å². The van der Waals surface area contributed by atoms with E-state index in [0.29, 0.717) is 66.7 Å². The maximum absolute atomic E-state index is 11.6. The Bertz CT molecular complexity index is 2270. The number of pyridine rings is 1. The van der Waals surface area contributed by atoms with Crippen molar-refractivity contribution in [1.29, 1.82) is 10.5 Å². The van der Waals surface area contributed by atoms with Crippen LogP contribution in [0.3, 0.4) is 0 Å². The molecule has 14 heteroatoms. The fraction of sp³-hybridized carbons (Fsp3) is 0.310. The lowest BCUT2D eigenvalue weighted by atomic mass is 9.93. The number of carbonyl (C=O) groups excluding carboxylic acids is 2. The zero-order chi connectivity index (χ0) is 39.0. The van der Waals surface area contributed by atoms with Crippen LogP contribution in [0.25, 0.3) is 22.3 Å². The quantitative estimate of drug-likeness (QED) is 0.100. The van der Waals surface area contributed by atoms with Crippen LogP contribution < -0.4 is 35.5 Å². The summed E-state index contributed by atoms with van der Waals surface area (Å²) in [4.78, 5) is 27.7. The Balaban J connectivity index is 1.10. The van der Waals surface area contributed by atoms with E-state index < -0.39 is 0 Å². The highest BCUT2D eigenvalue weighted by molar-refractivity contribution is 6.36. The van der Waals surface area contributed by atoms with Gasteiger partial charge in [-0.25, -0.2) is 0 Å². The Kier molecular flexibility index (Phi) is 12.2. The van der Waals surface area contributed by atoms with Crippen molar-refractivity contribution in [1.82, 2.24) is 26.3 Å². The van der Waals surface area contributed by atoms with E-state index in [-0.39, 0.29) is 48.9 Å². The van der Waals surface area contributed by atoms with E-state index in [2.05, 4.69) is 38.4 Å². The van der Waals surface area contributed by atoms with Gasteiger partial charge in [-0.2, -0.15) is 15.5 Å². The van der Waals surface area contributed by atoms with Gasteiger partial charge in [0.1, 0.15) is 29.0 Å². The zero-order valence-corrected chi connectivity index (χ0v) is 31.9. The van der Waals surface area contributed by atoms with E-state index in [1.165, 1.54) is 0 Å². The summed E-state index contributed by atoms with van der Waals surface area (Å²) >= 11 is 13.9. The molecule has 0 radical (unpaired) electrons. The number of nitrogens with one attached hydrogen (secondary N) is 4. The number of hydrogen-bond acceptors (Lipinski definition) is 10. The molecule has 4 aromatic rings. The molecule has 1 aromatic heterocycles. The van der Waals surface area contributed by atoms with E-state index in [4.69, 9.17) is 37.4 Å². The largest absolute Gasteiger partial charge is 0.478 e. The molecule has 286 valence electrons. The summed E-state index contributed by atoms with van der Waals surface area (Å²) in [6.07, 6.45) is 5.25. The molecule has 2 atom stereocenters. The van der Waals surface area contributed by atoms with E-state index in [1.807, 2.05) is 54.6 Å². The number of carbonyl (C=O) groups is 2. The molecule has 7 rings (SSSR count). The SMILES string of the molecule is N#CCOc1cc(-c2cccc(-c3cccc4c3CC[C@@H]4Oc3nc(OCC#N)c(CN/C=C4\CCC(=O)N4)cc3Cl)c2Cl)ccc1CNC[C@@H]1CCC(=O)N1. The molecule has 0 bridgehead atoms. The molecule has 3 heterocycles. The molecule has 0 spiro atoms. The third kappa shape index (κ3) is 8.85. The smallest absolute Gasteiger partial charge is 0.236 e. The van der Waals surface area contributed by atoms with Crippen LogP contribution >= 0.6 is 23.2 Å². The zero-order valence-electron chi connectivity index (χ0n) is 30.4. The molecule has 12 nitrogen and oxygen atoms in total. The molecule has 0 unspecified atom stereocenters. The number of allylic oxidation sites excluding steroid dienone is 1. The molecule has 2 fully saturated rings. The number of nitrogens with zero attached hydrogens (tertiary/aromatic N) is 3. The van der Waals surface area contributed by atoms with Crippen molar-refractivity contribution < 1.29 is 23.8 Å². The normalized spacial score (nSPS) is 17.8. The van der Waals surface area contributed by atoms with Gasteiger partial charge in [-0.05, 0) is 60.1 Å². The second kappa shape index (κ2) is 17.8. The number of hydrogen-bond donors (Lipinski definition) is 4. The van der Waals surface area contributed by atoms with Gasteiger partial charge in [-0.1, -0.05) is 71.7 Å². The first-order valence-corrected chi connectivity index (χ1v) is 19.2. The average Bonchev–Trinajstić information content (AvgIpc) is 3.94. The van der Waals surface area contributed by atoms with Gasteiger partial charge in [0.15, 0.2) is 13.2 Å². The third-order valence-corrected chi connectivity index (χ3v) is 10.6. The Morgan fingerprint density at radius 1 is 0.839 bits per heavy atom. The first-order valence-electron chi connectivity index (χ1n) is 18.4. The Hall–Kier alpha value is -5.79. The van der Waals surface area contributed by atoms with E-state index in [1.54, 1.807) is 12.3 Å². The molecule has 2 amide bonds. The molecule has 1 aliphatic carbocycles.